The van der Waals surface area contributed by atoms with Gasteiger partial charge in [0.2, 0.25) is 5.88 Å². The average molecular weight is 440 g/mol. The van der Waals surface area contributed by atoms with Crippen LogP contribution >= 0.6 is 38.5 Å². The molecule has 18 heavy (non-hydrogen) atoms. The first kappa shape index (κ1) is 15.5. The van der Waals surface area contributed by atoms with E-state index >= 15 is 0 Å². The molecular formula is C9H6BrF3INO3. The van der Waals surface area contributed by atoms with E-state index in [9.17, 15) is 18.0 Å². The number of carboxylic acid groups (broad SMARTS) is 1. The Kier molecular flexibility index (Phi) is 5.20. The number of hydrogen-bond donors (Lipinski definition) is 1. The number of nitrogens with zero attached hydrogens (tertiary/aromatic N) is 1. The minimum atomic E-state index is -4.85. The first-order valence-corrected chi connectivity index (χ1v) is 6.64. The summed E-state index contributed by atoms with van der Waals surface area (Å²) in [6.07, 6.45) is -5.25. The van der Waals surface area contributed by atoms with Crippen LogP contribution in [0.5, 0.6) is 5.88 Å². The number of rotatable bonds is 4. The molecule has 0 aliphatic carbocycles. The number of pyridine rings is 1. The van der Waals surface area contributed by atoms with Crippen LogP contribution in [0.25, 0.3) is 0 Å². The van der Waals surface area contributed by atoms with Crippen molar-refractivity contribution in [2.45, 2.75) is 18.1 Å². The van der Waals surface area contributed by atoms with Gasteiger partial charge in [0.1, 0.15) is 3.70 Å². The molecule has 4 nitrogen and oxygen atoms in total. The Balaban J connectivity index is 3.17. The number of carbonyl (C=O) groups is 1. The normalized spacial score (nSPS) is 11.4. The van der Waals surface area contributed by atoms with Crippen molar-refractivity contribution in [3.05, 3.63) is 20.9 Å². The van der Waals surface area contributed by atoms with Crippen LogP contribution in [-0.2, 0) is 16.5 Å². The van der Waals surface area contributed by atoms with E-state index in [0.717, 1.165) is 6.07 Å². The van der Waals surface area contributed by atoms with Gasteiger partial charge in [-0.25, -0.2) is 4.98 Å². The summed E-state index contributed by atoms with van der Waals surface area (Å²) in [7, 11) is 0. The highest BCUT2D eigenvalue weighted by molar-refractivity contribution is 14.1. The third-order valence-electron chi connectivity index (χ3n) is 1.84. The quantitative estimate of drug-likeness (QED) is 0.445. The molecule has 1 rings (SSSR count). The Morgan fingerprint density at radius 2 is 2.17 bits per heavy atom. The van der Waals surface area contributed by atoms with Gasteiger partial charge in [-0.3, -0.25) is 4.79 Å². The molecule has 9 heteroatoms. The highest BCUT2D eigenvalue weighted by Crippen LogP contribution is 2.27. The number of alkyl halides is 4. The zero-order valence-corrected chi connectivity index (χ0v) is 12.3. The number of ether oxygens (including phenoxy) is 1. The second-order valence-electron chi connectivity index (χ2n) is 3.14. The smallest absolute Gasteiger partial charge is 0.481 e. The summed E-state index contributed by atoms with van der Waals surface area (Å²) in [5.41, 5.74) is 0.769. The SMILES string of the molecule is O=C(O)Cc1cc(OC(F)(F)F)nc(I)c1CBr. The molecule has 0 unspecified atom stereocenters. The summed E-state index contributed by atoms with van der Waals surface area (Å²) in [5.74, 6) is -1.80. The molecule has 1 aromatic rings. The summed E-state index contributed by atoms with van der Waals surface area (Å²) < 4.78 is 40.1. The van der Waals surface area contributed by atoms with Crippen molar-refractivity contribution >= 4 is 44.5 Å². The lowest BCUT2D eigenvalue weighted by atomic mass is 10.1. The number of aromatic nitrogens is 1. The van der Waals surface area contributed by atoms with Crippen LogP contribution in [0.15, 0.2) is 6.07 Å². The Morgan fingerprint density at radius 3 is 2.61 bits per heavy atom. The van der Waals surface area contributed by atoms with Gasteiger partial charge < -0.3 is 9.84 Å². The van der Waals surface area contributed by atoms with Gasteiger partial charge in [-0.05, 0) is 33.7 Å². The summed E-state index contributed by atoms with van der Waals surface area (Å²) in [5, 5.41) is 9.00. The molecule has 0 atom stereocenters. The number of halogens is 5. The van der Waals surface area contributed by atoms with Crippen molar-refractivity contribution in [1.82, 2.24) is 4.98 Å². The molecule has 100 valence electrons. The maximum Gasteiger partial charge on any atom is 0.574 e. The average Bonchev–Trinajstić information content (AvgIpc) is 2.13. The van der Waals surface area contributed by atoms with Crippen molar-refractivity contribution in [2.24, 2.45) is 0 Å². The highest BCUT2D eigenvalue weighted by Gasteiger charge is 2.32. The molecular weight excluding hydrogens is 434 g/mol. The summed E-state index contributed by atoms with van der Waals surface area (Å²) >= 11 is 4.86. The second kappa shape index (κ2) is 6.04. The first-order valence-electron chi connectivity index (χ1n) is 4.44. The fourth-order valence-corrected chi connectivity index (χ4v) is 3.12. The summed E-state index contributed by atoms with van der Waals surface area (Å²) in [4.78, 5) is 14.3. The Bertz CT molecular complexity index is 467. The molecule has 0 amide bonds. The van der Waals surface area contributed by atoms with Crippen LogP contribution in [0.4, 0.5) is 13.2 Å². The van der Waals surface area contributed by atoms with Gasteiger partial charge in [0, 0.05) is 11.4 Å². The van der Waals surface area contributed by atoms with Crippen LogP contribution in [0, 0.1) is 3.70 Å². The van der Waals surface area contributed by atoms with Crippen molar-refractivity contribution in [2.75, 3.05) is 0 Å². The second-order valence-corrected chi connectivity index (χ2v) is 4.72. The molecule has 0 bridgehead atoms. The van der Waals surface area contributed by atoms with E-state index in [-0.39, 0.29) is 9.26 Å². The maximum atomic E-state index is 12.1. The Hall–Kier alpha value is -0.580. The van der Waals surface area contributed by atoms with Gasteiger partial charge >= 0.3 is 12.3 Å². The summed E-state index contributed by atoms with van der Waals surface area (Å²) in [6, 6.07) is 0.986. The molecule has 0 aliphatic heterocycles. The third-order valence-corrected chi connectivity index (χ3v) is 3.29. The highest BCUT2D eigenvalue weighted by atomic mass is 127. The van der Waals surface area contributed by atoms with Crippen LogP contribution in [-0.4, -0.2) is 22.4 Å². The third kappa shape index (κ3) is 4.59. The lowest BCUT2D eigenvalue weighted by Crippen LogP contribution is -2.19. The molecule has 1 heterocycles. The van der Waals surface area contributed by atoms with E-state index in [4.69, 9.17) is 5.11 Å². The topological polar surface area (TPSA) is 59.4 Å². The standard InChI is InChI=1S/C9H6BrF3INO3/c10-3-5-4(2-7(16)17)1-6(15-8(5)14)18-9(11,12)13/h1H,2-3H2,(H,16,17). The molecule has 0 spiro atoms. The minimum absolute atomic E-state index is 0.234. The van der Waals surface area contributed by atoms with E-state index in [2.05, 4.69) is 25.7 Å². The van der Waals surface area contributed by atoms with Gasteiger partial charge in [-0.15, -0.1) is 13.2 Å². The first-order chi connectivity index (χ1) is 8.23. The molecule has 0 radical (unpaired) electrons. The van der Waals surface area contributed by atoms with E-state index in [1.54, 1.807) is 22.6 Å². The number of carboxylic acids is 1. The predicted molar refractivity (Wildman–Crippen MR) is 67.6 cm³/mol. The van der Waals surface area contributed by atoms with E-state index < -0.39 is 24.6 Å². The van der Waals surface area contributed by atoms with Crippen LogP contribution < -0.4 is 4.74 Å². The predicted octanol–water partition coefficient (Wildman–Crippen LogP) is 3.11. The van der Waals surface area contributed by atoms with Crippen LogP contribution in [0.3, 0.4) is 0 Å². The molecule has 1 N–H and O–H groups in total. The lowest BCUT2D eigenvalue weighted by molar-refractivity contribution is -0.276. The fraction of sp³-hybridized carbons (Fsp3) is 0.333. The van der Waals surface area contributed by atoms with Crippen molar-refractivity contribution in [1.29, 1.82) is 0 Å². The number of aliphatic carboxylic acids is 1. The molecule has 0 saturated carbocycles. The van der Waals surface area contributed by atoms with Crippen LogP contribution in [0.1, 0.15) is 11.1 Å². The summed E-state index contributed by atoms with van der Waals surface area (Å²) in [6.45, 7) is 0. The largest absolute Gasteiger partial charge is 0.574 e. The zero-order valence-electron chi connectivity index (χ0n) is 8.59. The fourth-order valence-electron chi connectivity index (χ4n) is 1.20. The van der Waals surface area contributed by atoms with E-state index in [1.165, 1.54) is 0 Å². The van der Waals surface area contributed by atoms with E-state index in [0.29, 0.717) is 10.9 Å². The van der Waals surface area contributed by atoms with Crippen molar-refractivity contribution in [3.8, 4) is 5.88 Å². The minimum Gasteiger partial charge on any atom is -0.481 e. The van der Waals surface area contributed by atoms with Gasteiger partial charge in [0.15, 0.2) is 0 Å². The van der Waals surface area contributed by atoms with Gasteiger partial charge in [-0.1, -0.05) is 15.9 Å². The Labute approximate surface area is 122 Å². The van der Waals surface area contributed by atoms with Crippen molar-refractivity contribution in [3.63, 3.8) is 0 Å². The Morgan fingerprint density at radius 1 is 1.56 bits per heavy atom. The maximum absolute atomic E-state index is 12.1. The molecule has 0 aromatic carbocycles. The molecule has 0 fully saturated rings. The van der Waals surface area contributed by atoms with E-state index in [1.807, 2.05) is 0 Å². The van der Waals surface area contributed by atoms with Crippen molar-refractivity contribution < 1.29 is 27.8 Å². The van der Waals surface area contributed by atoms with Crippen LogP contribution in [0.2, 0.25) is 0 Å². The zero-order chi connectivity index (χ0) is 13.9. The number of hydrogen-bond acceptors (Lipinski definition) is 3. The molecule has 0 aliphatic rings. The molecule has 1 aromatic heterocycles. The van der Waals surface area contributed by atoms with Gasteiger partial charge in [-0.2, -0.15) is 0 Å². The van der Waals surface area contributed by atoms with Gasteiger partial charge in [0.25, 0.3) is 0 Å². The monoisotopic (exact) mass is 439 g/mol. The lowest BCUT2D eigenvalue weighted by Gasteiger charge is -2.12. The van der Waals surface area contributed by atoms with Gasteiger partial charge in [0.05, 0.1) is 6.42 Å². The molecule has 0 saturated heterocycles.